The second-order valence-corrected chi connectivity index (χ2v) is 4.14. The number of pyridine rings is 1. The molecule has 0 aliphatic rings. The van der Waals surface area contributed by atoms with Crippen LogP contribution in [-0.2, 0) is 6.54 Å². The van der Waals surface area contributed by atoms with Crippen LogP contribution in [-0.4, -0.2) is 14.8 Å². The number of aryl methyl sites for hydroxylation is 1. The van der Waals surface area contributed by atoms with Gasteiger partial charge in [-0.15, -0.1) is 0 Å². The van der Waals surface area contributed by atoms with Crippen LogP contribution in [0.3, 0.4) is 0 Å². The van der Waals surface area contributed by atoms with Gasteiger partial charge in [-0.3, -0.25) is 0 Å². The number of fused-ring (bicyclic) bond motifs is 1. The lowest BCUT2D eigenvalue weighted by molar-refractivity contribution is 0.600. The summed E-state index contributed by atoms with van der Waals surface area (Å²) in [4.78, 5) is 4.40. The fourth-order valence-corrected chi connectivity index (χ4v) is 1.83. The minimum Gasteiger partial charge on any atom is -0.247 e. The second-order valence-electron chi connectivity index (χ2n) is 4.14. The van der Waals surface area contributed by atoms with Gasteiger partial charge in [0.05, 0.1) is 5.69 Å². The van der Waals surface area contributed by atoms with Gasteiger partial charge < -0.3 is 0 Å². The van der Waals surface area contributed by atoms with Gasteiger partial charge in [-0.05, 0) is 24.5 Å². The van der Waals surface area contributed by atoms with E-state index in [1.165, 1.54) is 5.39 Å². The molecule has 0 N–H and O–H groups in total. The summed E-state index contributed by atoms with van der Waals surface area (Å²) in [6, 6.07) is 4.09. The van der Waals surface area contributed by atoms with E-state index in [9.17, 15) is 0 Å². The van der Waals surface area contributed by atoms with Crippen LogP contribution in [0.25, 0.3) is 11.0 Å². The predicted molar refractivity (Wildman–Crippen MR) is 61.9 cm³/mol. The van der Waals surface area contributed by atoms with Crippen molar-refractivity contribution in [3.05, 3.63) is 24.0 Å². The zero-order valence-electron chi connectivity index (χ0n) is 9.57. The molecule has 2 aromatic heterocycles. The lowest BCUT2D eigenvalue weighted by Gasteiger charge is -1.99. The third-order valence-corrected chi connectivity index (χ3v) is 2.52. The van der Waals surface area contributed by atoms with E-state index in [0.717, 1.165) is 24.3 Å². The van der Waals surface area contributed by atoms with E-state index in [2.05, 4.69) is 36.9 Å². The molecule has 0 aliphatic heterocycles. The van der Waals surface area contributed by atoms with E-state index >= 15 is 0 Å². The summed E-state index contributed by atoms with van der Waals surface area (Å²) in [5, 5.41) is 5.83. The molecule has 2 rings (SSSR count). The van der Waals surface area contributed by atoms with Crippen molar-refractivity contribution >= 4 is 11.0 Å². The van der Waals surface area contributed by atoms with E-state index in [4.69, 9.17) is 0 Å². The van der Waals surface area contributed by atoms with Crippen LogP contribution >= 0.6 is 0 Å². The first-order chi connectivity index (χ1) is 7.24. The first-order valence-electron chi connectivity index (χ1n) is 5.55. The van der Waals surface area contributed by atoms with E-state index in [0.29, 0.717) is 5.92 Å². The van der Waals surface area contributed by atoms with E-state index in [1.807, 2.05) is 16.9 Å². The summed E-state index contributed by atoms with van der Waals surface area (Å²) in [6.45, 7) is 7.45. The Morgan fingerprint density at radius 2 is 2.20 bits per heavy atom. The third-order valence-electron chi connectivity index (χ3n) is 2.52. The summed E-state index contributed by atoms with van der Waals surface area (Å²) in [5.41, 5.74) is 2.18. The Balaban J connectivity index is 2.62. The van der Waals surface area contributed by atoms with Crippen LogP contribution in [0, 0.1) is 0 Å². The average molecular weight is 203 g/mol. The maximum atomic E-state index is 4.63. The van der Waals surface area contributed by atoms with Gasteiger partial charge >= 0.3 is 0 Å². The Morgan fingerprint density at radius 3 is 2.87 bits per heavy atom. The Morgan fingerprint density at radius 1 is 1.40 bits per heavy atom. The molecule has 3 heteroatoms. The summed E-state index contributed by atoms with van der Waals surface area (Å²) in [5.74, 6) is 0.454. The van der Waals surface area contributed by atoms with Crippen LogP contribution in [0.2, 0.25) is 0 Å². The van der Waals surface area contributed by atoms with E-state index < -0.39 is 0 Å². The molecule has 2 aromatic rings. The zero-order valence-corrected chi connectivity index (χ0v) is 9.57. The van der Waals surface area contributed by atoms with Gasteiger partial charge in [-0.25, -0.2) is 9.67 Å². The Kier molecular flexibility index (Phi) is 2.71. The van der Waals surface area contributed by atoms with Gasteiger partial charge in [0.15, 0.2) is 5.65 Å². The molecular weight excluding hydrogens is 186 g/mol. The highest BCUT2D eigenvalue weighted by molar-refractivity contribution is 5.78. The molecule has 15 heavy (non-hydrogen) atoms. The van der Waals surface area contributed by atoms with Crippen LogP contribution in [0.1, 0.15) is 38.8 Å². The quantitative estimate of drug-likeness (QED) is 0.767. The lowest BCUT2D eigenvalue weighted by Crippen LogP contribution is -2.00. The molecule has 0 fully saturated rings. The van der Waals surface area contributed by atoms with Crippen molar-refractivity contribution in [3.63, 3.8) is 0 Å². The summed E-state index contributed by atoms with van der Waals surface area (Å²) in [7, 11) is 0. The number of rotatable bonds is 3. The molecule has 2 heterocycles. The van der Waals surface area contributed by atoms with Crippen LogP contribution < -0.4 is 0 Å². The summed E-state index contributed by atoms with van der Waals surface area (Å²) < 4.78 is 2.02. The van der Waals surface area contributed by atoms with Gasteiger partial charge in [-0.2, -0.15) is 5.10 Å². The second kappa shape index (κ2) is 4.01. The number of nitrogens with zero attached hydrogens (tertiary/aromatic N) is 3. The zero-order chi connectivity index (χ0) is 10.8. The largest absolute Gasteiger partial charge is 0.247 e. The average Bonchev–Trinajstić information content (AvgIpc) is 2.59. The van der Waals surface area contributed by atoms with Crippen LogP contribution in [0.4, 0.5) is 0 Å². The van der Waals surface area contributed by atoms with Crippen molar-refractivity contribution in [1.29, 1.82) is 0 Å². The summed E-state index contributed by atoms with van der Waals surface area (Å²) >= 11 is 0. The molecule has 0 saturated carbocycles. The predicted octanol–water partition coefficient (Wildman–Crippen LogP) is 2.96. The highest BCUT2D eigenvalue weighted by Gasteiger charge is 2.12. The lowest BCUT2D eigenvalue weighted by atomic mass is 10.1. The van der Waals surface area contributed by atoms with Crippen LogP contribution in [0.5, 0.6) is 0 Å². The maximum Gasteiger partial charge on any atom is 0.157 e. The van der Waals surface area contributed by atoms with Gasteiger partial charge in [0.2, 0.25) is 0 Å². The standard InChI is InChI=1S/C12H17N3/c1-4-8-15-12-10(6-5-7-13-12)11(14-15)9(2)3/h5-7,9H,4,8H2,1-3H3. The third kappa shape index (κ3) is 1.74. The van der Waals surface area contributed by atoms with Crippen molar-refractivity contribution in [2.24, 2.45) is 0 Å². The maximum absolute atomic E-state index is 4.63. The molecule has 0 bridgehead atoms. The Hall–Kier alpha value is -1.38. The first-order valence-corrected chi connectivity index (χ1v) is 5.55. The fraction of sp³-hybridized carbons (Fsp3) is 0.500. The molecule has 0 spiro atoms. The van der Waals surface area contributed by atoms with Crippen molar-refractivity contribution in [2.75, 3.05) is 0 Å². The number of aromatic nitrogens is 3. The number of hydrogen-bond donors (Lipinski definition) is 0. The van der Waals surface area contributed by atoms with Gasteiger partial charge in [0.1, 0.15) is 0 Å². The monoisotopic (exact) mass is 203 g/mol. The molecule has 0 amide bonds. The minimum absolute atomic E-state index is 0.454. The van der Waals surface area contributed by atoms with Gasteiger partial charge in [-0.1, -0.05) is 20.8 Å². The molecule has 0 atom stereocenters. The highest BCUT2D eigenvalue weighted by atomic mass is 15.3. The van der Waals surface area contributed by atoms with Crippen molar-refractivity contribution in [1.82, 2.24) is 14.8 Å². The normalized spacial score (nSPS) is 11.5. The van der Waals surface area contributed by atoms with Crippen molar-refractivity contribution < 1.29 is 0 Å². The van der Waals surface area contributed by atoms with Gasteiger partial charge in [0, 0.05) is 18.1 Å². The van der Waals surface area contributed by atoms with E-state index in [-0.39, 0.29) is 0 Å². The minimum atomic E-state index is 0.454. The van der Waals surface area contributed by atoms with E-state index in [1.54, 1.807) is 0 Å². The number of hydrogen-bond acceptors (Lipinski definition) is 2. The molecular formula is C12H17N3. The molecule has 0 aromatic carbocycles. The molecule has 0 unspecified atom stereocenters. The highest BCUT2D eigenvalue weighted by Crippen LogP contribution is 2.23. The molecule has 80 valence electrons. The first kappa shape index (κ1) is 10.1. The molecule has 0 radical (unpaired) electrons. The topological polar surface area (TPSA) is 30.7 Å². The Bertz CT molecular complexity index is 457. The fourth-order valence-electron chi connectivity index (χ4n) is 1.83. The smallest absolute Gasteiger partial charge is 0.157 e. The molecule has 0 aliphatic carbocycles. The van der Waals surface area contributed by atoms with Crippen molar-refractivity contribution in [2.45, 2.75) is 39.7 Å². The Labute approximate surface area is 90.1 Å². The molecule has 3 nitrogen and oxygen atoms in total. The summed E-state index contributed by atoms with van der Waals surface area (Å²) in [6.07, 6.45) is 2.92. The SMILES string of the molecule is CCCn1nc(C(C)C)c2cccnc21. The van der Waals surface area contributed by atoms with Gasteiger partial charge in [0.25, 0.3) is 0 Å². The van der Waals surface area contributed by atoms with Crippen molar-refractivity contribution in [3.8, 4) is 0 Å². The molecule has 0 saturated heterocycles. The van der Waals surface area contributed by atoms with Crippen LogP contribution in [0.15, 0.2) is 18.3 Å².